The van der Waals surface area contributed by atoms with Crippen LogP contribution in [0.25, 0.3) is 0 Å². The van der Waals surface area contributed by atoms with Crippen LogP contribution in [-0.2, 0) is 9.59 Å². The zero-order valence-corrected chi connectivity index (χ0v) is 23.9. The topological polar surface area (TPSA) is 94.4 Å². The molecule has 0 aliphatic heterocycles. The molecule has 40 heavy (non-hydrogen) atoms. The van der Waals surface area contributed by atoms with Crippen LogP contribution in [0, 0.1) is 11.8 Å². The molecule has 0 aromatic heterocycles. The van der Waals surface area contributed by atoms with Gasteiger partial charge in [-0.1, -0.05) is 61.0 Å². The maximum Gasteiger partial charge on any atom is 0.303 e. The fourth-order valence-corrected chi connectivity index (χ4v) is 3.42. The molecule has 7 heteroatoms. The number of hydrogen-bond acceptors (Lipinski definition) is 5. The smallest absolute Gasteiger partial charge is 0.303 e. The Balaban J connectivity index is 2.95. The number of nitrogens with one attached hydrogen (secondary N) is 1. The van der Waals surface area contributed by atoms with Crippen LogP contribution in [-0.4, -0.2) is 59.5 Å². The van der Waals surface area contributed by atoms with E-state index in [4.69, 9.17) is 10.1 Å². The van der Waals surface area contributed by atoms with Gasteiger partial charge in [-0.2, -0.15) is 0 Å². The number of aliphatic imine (C=N–C) groups is 2. The molecule has 0 atom stereocenters. The number of unbranched alkanes of at least 4 members (excludes halogenated alkanes) is 1. The predicted octanol–water partition coefficient (Wildman–Crippen LogP) is 5.74. The molecule has 0 heterocycles. The summed E-state index contributed by atoms with van der Waals surface area (Å²) in [7, 11) is 0. The van der Waals surface area contributed by atoms with Crippen molar-refractivity contribution in [3.63, 3.8) is 0 Å². The standard InChI is InChI=1S/C33H42N4O3/c1-6-23-35-33(29-17-11-9-10-12-18-29)30(19-13-14-20-32(39)40)36-28(5)21-22-31(38)34-24-26-37(8-3)25-15-16-27(4)7-2/h6-7,11,15-18,21-22,25H,1-2,5,8-9,13-14,19-20,23-24,26H2,3-4H3,(H,34,38)(H,39,40)/b22-21+,25-15+,27-16-,35-33?,36-30?. The summed E-state index contributed by atoms with van der Waals surface area (Å²) in [6.07, 6.45) is 20.5. The summed E-state index contributed by atoms with van der Waals surface area (Å²) in [6.45, 7) is 17.9. The van der Waals surface area contributed by atoms with Crippen LogP contribution in [0.3, 0.4) is 0 Å². The number of hydrogen-bond donors (Lipinski definition) is 2. The van der Waals surface area contributed by atoms with Crippen LogP contribution in [0.15, 0.2) is 107 Å². The van der Waals surface area contributed by atoms with E-state index < -0.39 is 5.97 Å². The fourth-order valence-electron chi connectivity index (χ4n) is 3.42. The Labute approximate surface area is 239 Å². The van der Waals surface area contributed by atoms with Crippen molar-refractivity contribution in [2.45, 2.75) is 46.0 Å². The van der Waals surface area contributed by atoms with Crippen molar-refractivity contribution in [3.8, 4) is 11.8 Å². The molecule has 1 rings (SSSR count). The van der Waals surface area contributed by atoms with Crippen molar-refractivity contribution in [1.29, 1.82) is 0 Å². The van der Waals surface area contributed by atoms with E-state index in [9.17, 15) is 9.59 Å². The Kier molecular flexibility index (Phi) is 17.2. The molecule has 212 valence electrons. The molecule has 7 nitrogen and oxygen atoms in total. The fraction of sp³-hybridized carbons (Fsp3) is 0.333. The summed E-state index contributed by atoms with van der Waals surface area (Å²) in [4.78, 5) is 34.8. The molecule has 0 saturated carbocycles. The van der Waals surface area contributed by atoms with Crippen LogP contribution >= 0.6 is 0 Å². The van der Waals surface area contributed by atoms with Gasteiger partial charge >= 0.3 is 5.97 Å². The largest absolute Gasteiger partial charge is 0.481 e. The van der Waals surface area contributed by atoms with Gasteiger partial charge in [0.2, 0.25) is 5.91 Å². The number of aliphatic carboxylic acids is 1. The third-order valence-corrected chi connectivity index (χ3v) is 5.61. The molecular weight excluding hydrogens is 500 g/mol. The first-order valence-corrected chi connectivity index (χ1v) is 13.5. The molecule has 0 spiro atoms. The van der Waals surface area contributed by atoms with Gasteiger partial charge in [0.05, 0.1) is 23.7 Å². The van der Waals surface area contributed by atoms with Crippen LogP contribution in [0.1, 0.15) is 46.0 Å². The third kappa shape index (κ3) is 15.1. The lowest BCUT2D eigenvalue weighted by Crippen LogP contribution is -2.31. The van der Waals surface area contributed by atoms with Crippen molar-refractivity contribution in [2.24, 2.45) is 9.98 Å². The molecule has 0 fully saturated rings. The number of carboxylic acids is 1. The minimum atomic E-state index is -0.834. The maximum atomic E-state index is 12.4. The molecule has 1 aliphatic rings. The van der Waals surface area contributed by atoms with Crippen molar-refractivity contribution in [3.05, 3.63) is 97.5 Å². The van der Waals surface area contributed by atoms with Crippen LogP contribution in [0.5, 0.6) is 0 Å². The highest BCUT2D eigenvalue weighted by molar-refractivity contribution is 6.49. The lowest BCUT2D eigenvalue weighted by atomic mass is 9.99. The Morgan fingerprint density at radius 2 is 2.00 bits per heavy atom. The summed E-state index contributed by atoms with van der Waals surface area (Å²) < 4.78 is 0. The maximum absolute atomic E-state index is 12.4. The van der Waals surface area contributed by atoms with Crippen LogP contribution in [0.2, 0.25) is 0 Å². The van der Waals surface area contributed by atoms with Crippen molar-refractivity contribution in [1.82, 2.24) is 10.2 Å². The second kappa shape index (κ2) is 20.5. The third-order valence-electron chi connectivity index (χ3n) is 5.61. The minimum absolute atomic E-state index is 0.0813. The van der Waals surface area contributed by atoms with E-state index in [2.05, 4.69) is 53.7 Å². The van der Waals surface area contributed by atoms with E-state index in [0.717, 1.165) is 17.7 Å². The molecule has 0 bridgehead atoms. The Bertz CT molecular complexity index is 1180. The lowest BCUT2D eigenvalue weighted by molar-refractivity contribution is -0.137. The van der Waals surface area contributed by atoms with E-state index in [1.165, 1.54) is 6.08 Å². The molecule has 2 N–H and O–H groups in total. The van der Waals surface area contributed by atoms with Crippen molar-refractivity contribution < 1.29 is 14.7 Å². The number of allylic oxidation sites excluding steroid dienone is 9. The summed E-state index contributed by atoms with van der Waals surface area (Å²) >= 11 is 0. The molecule has 1 amide bonds. The Morgan fingerprint density at radius 1 is 1.23 bits per heavy atom. The summed E-state index contributed by atoms with van der Waals surface area (Å²) in [5.41, 5.74) is 3.61. The number of carboxylic acid groups (broad SMARTS) is 1. The average Bonchev–Trinajstić information content (AvgIpc) is 3.22. The predicted molar refractivity (Wildman–Crippen MR) is 167 cm³/mol. The number of amides is 1. The highest BCUT2D eigenvalue weighted by atomic mass is 16.4. The summed E-state index contributed by atoms with van der Waals surface area (Å²) in [5, 5.41) is 11.9. The van der Waals surface area contributed by atoms with E-state index in [1.54, 1.807) is 24.3 Å². The Hall–Kier alpha value is -4.44. The summed E-state index contributed by atoms with van der Waals surface area (Å²) in [5.74, 6) is 4.97. The van der Waals surface area contributed by atoms with Gasteiger partial charge in [-0.05, 0) is 57.5 Å². The van der Waals surface area contributed by atoms with Gasteiger partial charge in [0.1, 0.15) is 0 Å². The van der Waals surface area contributed by atoms with E-state index in [1.807, 2.05) is 37.4 Å². The van der Waals surface area contributed by atoms with Crippen LogP contribution < -0.4 is 5.32 Å². The first-order chi connectivity index (χ1) is 19.3. The Morgan fingerprint density at radius 3 is 2.70 bits per heavy atom. The average molecular weight is 543 g/mol. The monoisotopic (exact) mass is 542 g/mol. The lowest BCUT2D eigenvalue weighted by Gasteiger charge is -2.17. The van der Waals surface area contributed by atoms with Gasteiger partial charge in [-0.3, -0.25) is 19.6 Å². The number of carbonyl (C=O) groups is 2. The second-order valence-corrected chi connectivity index (χ2v) is 8.87. The molecule has 0 unspecified atom stereocenters. The highest BCUT2D eigenvalue weighted by Gasteiger charge is 2.14. The molecule has 0 radical (unpaired) electrons. The molecule has 0 aromatic carbocycles. The van der Waals surface area contributed by atoms with Gasteiger partial charge in [0, 0.05) is 44.1 Å². The van der Waals surface area contributed by atoms with Crippen LogP contribution in [0.4, 0.5) is 0 Å². The van der Waals surface area contributed by atoms with Gasteiger partial charge in [-0.15, -0.1) is 6.58 Å². The summed E-state index contributed by atoms with van der Waals surface area (Å²) in [6, 6.07) is 0. The first-order valence-electron chi connectivity index (χ1n) is 13.5. The number of carbonyl (C=O) groups excluding carboxylic acids is 1. The van der Waals surface area contributed by atoms with Crippen molar-refractivity contribution >= 4 is 23.3 Å². The minimum Gasteiger partial charge on any atom is -0.481 e. The van der Waals surface area contributed by atoms with Gasteiger partial charge in [-0.25, -0.2) is 0 Å². The molecule has 1 aliphatic carbocycles. The second-order valence-electron chi connectivity index (χ2n) is 8.87. The van der Waals surface area contributed by atoms with E-state index in [0.29, 0.717) is 62.4 Å². The number of likely N-dealkylation sites (N-methyl/N-ethyl adjacent to an activating group) is 1. The molecule has 0 aromatic rings. The van der Waals surface area contributed by atoms with Crippen molar-refractivity contribution in [2.75, 3.05) is 26.2 Å². The zero-order chi connectivity index (χ0) is 29.6. The molecule has 0 saturated heterocycles. The molecular formula is C33H42N4O3. The van der Waals surface area contributed by atoms with Gasteiger partial charge < -0.3 is 15.3 Å². The first kappa shape index (κ1) is 33.6. The zero-order valence-electron chi connectivity index (χ0n) is 23.9. The normalized spacial score (nSPS) is 13.8. The number of nitrogens with zero attached hydrogens (tertiary/aromatic N) is 3. The number of rotatable bonds is 19. The van der Waals surface area contributed by atoms with E-state index in [-0.39, 0.29) is 12.3 Å². The SMILES string of the molecule is C=CCN=C(C1=CC#CCC=C1)C(CCCCC(=O)O)=NC(=C)/C=C/C(=O)NCCN(/C=C/C=C(/C)C=C)CC. The highest BCUT2D eigenvalue weighted by Crippen LogP contribution is 2.14. The van der Waals surface area contributed by atoms with E-state index >= 15 is 0 Å². The quantitative estimate of drug-likeness (QED) is 0.0543. The van der Waals surface area contributed by atoms with Gasteiger partial charge in [0.15, 0.2) is 0 Å². The van der Waals surface area contributed by atoms with Gasteiger partial charge in [0.25, 0.3) is 0 Å².